The maximum Gasteiger partial charge on any atom is 0.246 e. The standard InChI is InChI=1S/C23H27N3O4S/c27-20(24-14-7-8-14)17-16-9-10-23(30-16)18(17)22(29)26(12-15-6-3-11-31-15)19(23)21(28)25-13-4-1-2-5-13/h3,6,9-11,13-14,16-19H,1-2,4-5,7-8,12H2,(H,24,27)(H,25,28). The van der Waals surface area contributed by atoms with E-state index in [2.05, 4.69) is 10.6 Å². The Morgan fingerprint density at radius 3 is 2.58 bits per heavy atom. The second-order valence-corrected chi connectivity index (χ2v) is 10.6. The molecule has 6 rings (SSSR count). The number of fused-ring (bicyclic) bond motifs is 1. The average Bonchev–Trinajstić information content (AvgIpc) is 3.24. The van der Waals surface area contributed by atoms with E-state index < -0.39 is 29.6 Å². The fourth-order valence-corrected chi connectivity index (χ4v) is 6.59. The summed E-state index contributed by atoms with van der Waals surface area (Å²) in [5.41, 5.74) is -1.06. The zero-order chi connectivity index (χ0) is 21.2. The number of carbonyl (C=O) groups is 3. The fourth-order valence-electron chi connectivity index (χ4n) is 5.88. The van der Waals surface area contributed by atoms with E-state index in [1.54, 1.807) is 16.2 Å². The van der Waals surface area contributed by atoms with Crippen molar-refractivity contribution >= 4 is 29.1 Å². The maximum atomic E-state index is 13.7. The van der Waals surface area contributed by atoms with Crippen molar-refractivity contribution in [1.29, 1.82) is 0 Å². The van der Waals surface area contributed by atoms with Crippen LogP contribution in [0.4, 0.5) is 0 Å². The highest BCUT2D eigenvalue weighted by molar-refractivity contribution is 7.09. The van der Waals surface area contributed by atoms with Gasteiger partial charge in [0.15, 0.2) is 0 Å². The van der Waals surface area contributed by atoms with E-state index >= 15 is 0 Å². The van der Waals surface area contributed by atoms with Crippen LogP contribution in [0.1, 0.15) is 43.4 Å². The molecule has 7 nitrogen and oxygen atoms in total. The Morgan fingerprint density at radius 1 is 1.13 bits per heavy atom. The molecule has 4 fully saturated rings. The lowest BCUT2D eigenvalue weighted by Crippen LogP contribution is -2.55. The molecule has 31 heavy (non-hydrogen) atoms. The third kappa shape index (κ3) is 3.06. The zero-order valence-electron chi connectivity index (χ0n) is 17.3. The summed E-state index contributed by atoms with van der Waals surface area (Å²) in [7, 11) is 0. The molecule has 3 amide bonds. The molecule has 1 aromatic rings. The van der Waals surface area contributed by atoms with E-state index in [-0.39, 0.29) is 29.8 Å². The molecular formula is C23H27N3O4S. The summed E-state index contributed by atoms with van der Waals surface area (Å²) in [4.78, 5) is 43.0. The molecule has 2 aliphatic carbocycles. The molecular weight excluding hydrogens is 414 g/mol. The number of nitrogens with zero attached hydrogens (tertiary/aromatic N) is 1. The smallest absolute Gasteiger partial charge is 0.246 e. The van der Waals surface area contributed by atoms with E-state index in [1.165, 1.54) is 0 Å². The predicted octanol–water partition coefficient (Wildman–Crippen LogP) is 1.74. The summed E-state index contributed by atoms with van der Waals surface area (Å²) < 4.78 is 6.35. The van der Waals surface area contributed by atoms with Gasteiger partial charge in [0.25, 0.3) is 0 Å². The number of rotatable bonds is 6. The van der Waals surface area contributed by atoms with Crippen molar-refractivity contribution in [2.75, 3.05) is 0 Å². The summed E-state index contributed by atoms with van der Waals surface area (Å²) in [6.07, 6.45) is 9.46. The molecule has 0 radical (unpaired) electrons. The molecule has 5 aliphatic rings. The van der Waals surface area contributed by atoms with Gasteiger partial charge in [-0.25, -0.2) is 0 Å². The summed E-state index contributed by atoms with van der Waals surface area (Å²) in [6.45, 7) is 0.357. The van der Waals surface area contributed by atoms with Crippen LogP contribution < -0.4 is 10.6 Å². The van der Waals surface area contributed by atoms with Crippen molar-refractivity contribution in [3.05, 3.63) is 34.5 Å². The highest BCUT2D eigenvalue weighted by Crippen LogP contribution is 2.55. The third-order valence-electron chi connectivity index (χ3n) is 7.46. The lowest BCUT2D eigenvalue weighted by molar-refractivity contribution is -0.142. The van der Waals surface area contributed by atoms with Crippen LogP contribution in [0.15, 0.2) is 29.7 Å². The van der Waals surface area contributed by atoms with Crippen LogP contribution >= 0.6 is 11.3 Å². The molecule has 3 aliphatic heterocycles. The van der Waals surface area contributed by atoms with Crippen molar-refractivity contribution < 1.29 is 19.1 Å². The normalized spacial score (nSPS) is 36.3. The van der Waals surface area contributed by atoms with Gasteiger partial charge in [0.05, 0.1) is 24.5 Å². The van der Waals surface area contributed by atoms with E-state index in [4.69, 9.17) is 4.74 Å². The number of hydrogen-bond acceptors (Lipinski definition) is 5. The Labute approximate surface area is 185 Å². The number of amides is 3. The van der Waals surface area contributed by atoms with Gasteiger partial charge in [0.1, 0.15) is 11.6 Å². The molecule has 164 valence electrons. The van der Waals surface area contributed by atoms with Crippen LogP contribution in [0.2, 0.25) is 0 Å². The summed E-state index contributed by atoms with van der Waals surface area (Å²) >= 11 is 1.56. The number of thiophene rings is 1. The molecule has 5 unspecified atom stereocenters. The number of nitrogens with one attached hydrogen (secondary N) is 2. The van der Waals surface area contributed by atoms with Gasteiger partial charge in [-0.3, -0.25) is 14.4 Å². The van der Waals surface area contributed by atoms with E-state index in [0.717, 1.165) is 43.4 Å². The van der Waals surface area contributed by atoms with Gasteiger partial charge < -0.3 is 20.3 Å². The quantitative estimate of drug-likeness (QED) is 0.659. The average molecular weight is 442 g/mol. The fraction of sp³-hybridized carbons (Fsp3) is 0.609. The zero-order valence-corrected chi connectivity index (χ0v) is 18.1. The van der Waals surface area contributed by atoms with Crippen molar-refractivity contribution in [2.24, 2.45) is 11.8 Å². The van der Waals surface area contributed by atoms with Crippen molar-refractivity contribution in [1.82, 2.24) is 15.5 Å². The van der Waals surface area contributed by atoms with Crippen molar-refractivity contribution in [3.8, 4) is 0 Å². The minimum atomic E-state index is -1.06. The van der Waals surface area contributed by atoms with Crippen LogP contribution in [-0.4, -0.2) is 52.5 Å². The topological polar surface area (TPSA) is 87.7 Å². The molecule has 0 aromatic carbocycles. The van der Waals surface area contributed by atoms with Gasteiger partial charge in [-0.05, 0) is 37.1 Å². The lowest BCUT2D eigenvalue weighted by Gasteiger charge is -2.32. The lowest BCUT2D eigenvalue weighted by atomic mass is 9.74. The van der Waals surface area contributed by atoms with Gasteiger partial charge >= 0.3 is 0 Å². The van der Waals surface area contributed by atoms with Gasteiger partial charge in [0, 0.05) is 17.0 Å². The van der Waals surface area contributed by atoms with E-state index in [9.17, 15) is 14.4 Å². The molecule has 1 aromatic heterocycles. The molecule has 2 saturated carbocycles. The molecule has 4 heterocycles. The van der Waals surface area contributed by atoms with Gasteiger partial charge in [-0.2, -0.15) is 0 Å². The Morgan fingerprint density at radius 2 is 1.87 bits per heavy atom. The summed E-state index contributed by atoms with van der Waals surface area (Å²) in [5.74, 6) is -1.66. The maximum absolute atomic E-state index is 13.7. The van der Waals surface area contributed by atoms with Crippen LogP contribution in [0, 0.1) is 11.8 Å². The molecule has 2 saturated heterocycles. The van der Waals surface area contributed by atoms with Gasteiger partial charge in [0.2, 0.25) is 17.7 Å². The highest BCUT2D eigenvalue weighted by Gasteiger charge is 2.72. The minimum Gasteiger partial charge on any atom is -0.359 e. The van der Waals surface area contributed by atoms with Crippen LogP contribution in [-0.2, 0) is 25.7 Å². The second-order valence-electron chi connectivity index (χ2n) is 9.52. The Hall–Kier alpha value is -2.19. The van der Waals surface area contributed by atoms with E-state index in [0.29, 0.717) is 6.54 Å². The minimum absolute atomic E-state index is 0.120. The summed E-state index contributed by atoms with van der Waals surface area (Å²) in [6, 6.07) is 3.53. The van der Waals surface area contributed by atoms with Crippen LogP contribution in [0.25, 0.3) is 0 Å². The first-order valence-corrected chi connectivity index (χ1v) is 12.3. The highest BCUT2D eigenvalue weighted by atomic mass is 32.1. The molecule has 5 atom stereocenters. The third-order valence-corrected chi connectivity index (χ3v) is 8.32. The summed E-state index contributed by atoms with van der Waals surface area (Å²) in [5, 5.41) is 8.20. The van der Waals surface area contributed by atoms with Crippen LogP contribution in [0.3, 0.4) is 0 Å². The predicted molar refractivity (Wildman–Crippen MR) is 114 cm³/mol. The number of ether oxygens (including phenoxy) is 1. The Balaban J connectivity index is 1.34. The first-order valence-electron chi connectivity index (χ1n) is 11.4. The number of carbonyl (C=O) groups excluding carboxylic acids is 3. The molecule has 8 heteroatoms. The Bertz CT molecular complexity index is 937. The largest absolute Gasteiger partial charge is 0.359 e. The molecule has 2 bridgehead atoms. The number of hydrogen-bond donors (Lipinski definition) is 2. The molecule has 1 spiro atoms. The second kappa shape index (κ2) is 7.17. The van der Waals surface area contributed by atoms with Gasteiger partial charge in [-0.1, -0.05) is 31.1 Å². The molecule has 2 N–H and O–H groups in total. The van der Waals surface area contributed by atoms with Crippen LogP contribution in [0.5, 0.6) is 0 Å². The Kier molecular flexibility index (Phi) is 4.51. The van der Waals surface area contributed by atoms with Crippen molar-refractivity contribution in [2.45, 2.75) is 74.9 Å². The number of likely N-dealkylation sites (tertiary alicyclic amines) is 1. The monoisotopic (exact) mass is 441 g/mol. The van der Waals surface area contributed by atoms with Crippen molar-refractivity contribution in [3.63, 3.8) is 0 Å². The van der Waals surface area contributed by atoms with E-state index in [1.807, 2.05) is 29.7 Å². The van der Waals surface area contributed by atoms with Gasteiger partial charge in [-0.15, -0.1) is 11.3 Å². The SMILES string of the molecule is O=C(NC1CC1)C1C2C=CC3(O2)C1C(=O)N(Cc1cccs1)C3C(=O)NC1CCCC1. The first-order chi connectivity index (χ1) is 15.1. The first kappa shape index (κ1) is 19.5.